The zero-order valence-electron chi connectivity index (χ0n) is 12.2. The van der Waals surface area contributed by atoms with Gasteiger partial charge in [-0.1, -0.05) is 6.07 Å². The number of carbonyl (C=O) groups is 1. The first-order chi connectivity index (χ1) is 11.2. The second kappa shape index (κ2) is 7.11. The number of hydrogen-bond acceptors (Lipinski definition) is 4. The van der Waals surface area contributed by atoms with Crippen molar-refractivity contribution in [3.63, 3.8) is 0 Å². The van der Waals surface area contributed by atoms with Gasteiger partial charge in [0.15, 0.2) is 0 Å². The van der Waals surface area contributed by atoms with Crippen LogP contribution in [0.15, 0.2) is 54.2 Å². The molecular formula is C17H14FN3OS. The van der Waals surface area contributed by atoms with E-state index in [1.54, 1.807) is 24.5 Å². The Morgan fingerprint density at radius 3 is 2.83 bits per heavy atom. The molecule has 0 bridgehead atoms. The van der Waals surface area contributed by atoms with Crippen molar-refractivity contribution in [3.05, 3.63) is 65.0 Å². The van der Waals surface area contributed by atoms with E-state index in [0.717, 1.165) is 16.3 Å². The molecule has 0 spiro atoms. The molecule has 0 saturated heterocycles. The van der Waals surface area contributed by atoms with Crippen LogP contribution in [0.25, 0.3) is 11.3 Å². The Morgan fingerprint density at radius 1 is 1.22 bits per heavy atom. The third-order valence-corrected chi connectivity index (χ3v) is 4.11. The zero-order chi connectivity index (χ0) is 16.1. The number of pyridine rings is 1. The summed E-state index contributed by atoms with van der Waals surface area (Å²) in [7, 11) is 0. The SMILES string of the molecule is O=C(CCc1nc(-c2ccncc2)cs1)Nc1cccc(F)c1. The van der Waals surface area contributed by atoms with E-state index in [-0.39, 0.29) is 11.7 Å². The van der Waals surface area contributed by atoms with Gasteiger partial charge in [0.25, 0.3) is 0 Å². The molecule has 116 valence electrons. The van der Waals surface area contributed by atoms with Crippen molar-refractivity contribution >= 4 is 22.9 Å². The standard InChI is InChI=1S/C17H14FN3OS/c18-13-2-1-3-14(10-13)20-16(22)4-5-17-21-15(11-23-17)12-6-8-19-9-7-12/h1-3,6-11H,4-5H2,(H,20,22). The molecule has 0 aliphatic heterocycles. The second-order valence-electron chi connectivity index (χ2n) is 4.92. The molecule has 23 heavy (non-hydrogen) atoms. The lowest BCUT2D eigenvalue weighted by molar-refractivity contribution is -0.116. The third kappa shape index (κ3) is 4.20. The van der Waals surface area contributed by atoms with Crippen molar-refractivity contribution in [3.8, 4) is 11.3 Å². The molecule has 0 saturated carbocycles. The van der Waals surface area contributed by atoms with Crippen LogP contribution in [0.2, 0.25) is 0 Å². The molecule has 1 N–H and O–H groups in total. The number of carbonyl (C=O) groups excluding carboxylic acids is 1. The highest BCUT2D eigenvalue weighted by Crippen LogP contribution is 2.22. The third-order valence-electron chi connectivity index (χ3n) is 3.20. The molecule has 0 aliphatic rings. The Balaban J connectivity index is 1.56. The van der Waals surface area contributed by atoms with Gasteiger partial charge in [-0.25, -0.2) is 9.37 Å². The number of halogens is 1. The van der Waals surface area contributed by atoms with Crippen molar-refractivity contribution in [2.45, 2.75) is 12.8 Å². The minimum atomic E-state index is -0.371. The maximum Gasteiger partial charge on any atom is 0.224 e. The molecule has 3 rings (SSSR count). The van der Waals surface area contributed by atoms with Gasteiger partial charge in [-0.15, -0.1) is 11.3 Å². The molecule has 6 heteroatoms. The normalized spacial score (nSPS) is 10.5. The van der Waals surface area contributed by atoms with E-state index in [1.807, 2.05) is 17.5 Å². The number of aromatic nitrogens is 2. The number of nitrogens with zero attached hydrogens (tertiary/aromatic N) is 2. The molecule has 1 amide bonds. The summed E-state index contributed by atoms with van der Waals surface area (Å²) >= 11 is 1.52. The van der Waals surface area contributed by atoms with Crippen LogP contribution in [0.1, 0.15) is 11.4 Å². The fourth-order valence-electron chi connectivity index (χ4n) is 2.09. The number of hydrogen-bond donors (Lipinski definition) is 1. The summed E-state index contributed by atoms with van der Waals surface area (Å²) in [4.78, 5) is 20.4. The van der Waals surface area contributed by atoms with Crippen molar-refractivity contribution in [1.29, 1.82) is 0 Å². The Hall–Kier alpha value is -2.60. The molecule has 2 heterocycles. The molecule has 4 nitrogen and oxygen atoms in total. The zero-order valence-corrected chi connectivity index (χ0v) is 13.0. The van der Waals surface area contributed by atoms with Gasteiger partial charge in [0.05, 0.1) is 10.7 Å². The number of amides is 1. The Morgan fingerprint density at radius 2 is 2.04 bits per heavy atom. The van der Waals surface area contributed by atoms with Gasteiger partial charge < -0.3 is 5.32 Å². The van der Waals surface area contributed by atoms with Gasteiger partial charge in [-0.3, -0.25) is 9.78 Å². The molecule has 1 aromatic carbocycles. The van der Waals surface area contributed by atoms with Crippen LogP contribution in [0, 0.1) is 5.82 Å². The van der Waals surface area contributed by atoms with Gasteiger partial charge in [0, 0.05) is 41.9 Å². The number of anilines is 1. The summed E-state index contributed by atoms with van der Waals surface area (Å²) in [5.41, 5.74) is 2.36. The lowest BCUT2D eigenvalue weighted by atomic mass is 10.2. The molecular weight excluding hydrogens is 313 g/mol. The monoisotopic (exact) mass is 327 g/mol. The van der Waals surface area contributed by atoms with Crippen LogP contribution in [0.3, 0.4) is 0 Å². The minimum Gasteiger partial charge on any atom is -0.326 e. The number of rotatable bonds is 5. The lowest BCUT2D eigenvalue weighted by Gasteiger charge is -2.04. The summed E-state index contributed by atoms with van der Waals surface area (Å²) in [5, 5.41) is 5.54. The quantitative estimate of drug-likeness (QED) is 0.773. The van der Waals surface area contributed by atoms with Gasteiger partial charge in [0.1, 0.15) is 5.82 Å². The lowest BCUT2D eigenvalue weighted by Crippen LogP contribution is -2.12. The Bertz CT molecular complexity index is 804. The Kier molecular flexibility index (Phi) is 4.73. The van der Waals surface area contributed by atoms with Crippen LogP contribution in [-0.2, 0) is 11.2 Å². The molecule has 2 aromatic heterocycles. The summed E-state index contributed by atoms with van der Waals surface area (Å²) in [6.45, 7) is 0. The van der Waals surface area contributed by atoms with Crippen molar-refractivity contribution in [1.82, 2.24) is 9.97 Å². The van der Waals surface area contributed by atoms with Crippen molar-refractivity contribution < 1.29 is 9.18 Å². The first-order valence-corrected chi connectivity index (χ1v) is 7.99. The Labute approximate surface area is 137 Å². The first-order valence-electron chi connectivity index (χ1n) is 7.11. The van der Waals surface area contributed by atoms with Crippen molar-refractivity contribution in [2.24, 2.45) is 0 Å². The van der Waals surface area contributed by atoms with E-state index < -0.39 is 0 Å². The maximum absolute atomic E-state index is 13.1. The summed E-state index contributed by atoms with van der Waals surface area (Å²) < 4.78 is 13.1. The van der Waals surface area contributed by atoms with E-state index in [0.29, 0.717) is 18.5 Å². The summed E-state index contributed by atoms with van der Waals surface area (Å²) in [6, 6.07) is 9.65. The van der Waals surface area contributed by atoms with Gasteiger partial charge in [-0.05, 0) is 30.3 Å². The van der Waals surface area contributed by atoms with E-state index in [9.17, 15) is 9.18 Å². The highest BCUT2D eigenvalue weighted by atomic mass is 32.1. The molecule has 0 radical (unpaired) electrons. The van der Waals surface area contributed by atoms with E-state index in [2.05, 4.69) is 15.3 Å². The highest BCUT2D eigenvalue weighted by molar-refractivity contribution is 7.09. The predicted octanol–water partition coefficient (Wildman–Crippen LogP) is 3.92. The number of benzene rings is 1. The minimum absolute atomic E-state index is 0.156. The van der Waals surface area contributed by atoms with Crippen LogP contribution in [0.4, 0.5) is 10.1 Å². The fourth-order valence-corrected chi connectivity index (χ4v) is 2.90. The largest absolute Gasteiger partial charge is 0.326 e. The second-order valence-corrected chi connectivity index (χ2v) is 5.86. The van der Waals surface area contributed by atoms with Crippen LogP contribution in [0.5, 0.6) is 0 Å². The van der Waals surface area contributed by atoms with Gasteiger partial charge in [0.2, 0.25) is 5.91 Å². The summed E-state index contributed by atoms with van der Waals surface area (Å²) in [6.07, 6.45) is 4.30. The molecule has 0 fully saturated rings. The topological polar surface area (TPSA) is 54.9 Å². The number of thiazole rings is 1. The van der Waals surface area contributed by atoms with E-state index in [1.165, 1.54) is 23.5 Å². The first kappa shape index (κ1) is 15.3. The van der Waals surface area contributed by atoms with Crippen molar-refractivity contribution in [2.75, 3.05) is 5.32 Å². The summed E-state index contributed by atoms with van der Waals surface area (Å²) in [5.74, 6) is -0.527. The predicted molar refractivity (Wildman–Crippen MR) is 88.7 cm³/mol. The average molecular weight is 327 g/mol. The fraction of sp³-hybridized carbons (Fsp3) is 0.118. The van der Waals surface area contributed by atoms with Gasteiger partial charge >= 0.3 is 0 Å². The number of nitrogens with one attached hydrogen (secondary N) is 1. The van der Waals surface area contributed by atoms with E-state index >= 15 is 0 Å². The van der Waals surface area contributed by atoms with Crippen LogP contribution >= 0.6 is 11.3 Å². The highest BCUT2D eigenvalue weighted by Gasteiger charge is 2.08. The van der Waals surface area contributed by atoms with E-state index in [4.69, 9.17) is 0 Å². The number of aryl methyl sites for hydroxylation is 1. The van der Waals surface area contributed by atoms with Gasteiger partial charge in [-0.2, -0.15) is 0 Å². The smallest absolute Gasteiger partial charge is 0.224 e. The molecule has 0 atom stereocenters. The molecule has 3 aromatic rings. The average Bonchev–Trinajstić information content (AvgIpc) is 3.03. The molecule has 0 unspecified atom stereocenters. The maximum atomic E-state index is 13.1. The molecule has 0 aliphatic carbocycles. The van der Waals surface area contributed by atoms with Crippen LogP contribution < -0.4 is 5.32 Å². The van der Waals surface area contributed by atoms with Crippen LogP contribution in [-0.4, -0.2) is 15.9 Å².